The molecule has 0 aromatic heterocycles. The van der Waals surface area contributed by atoms with Crippen molar-refractivity contribution < 1.29 is 4.74 Å². The molecule has 0 aliphatic heterocycles. The highest BCUT2D eigenvalue weighted by atomic mass is 16.5. The van der Waals surface area contributed by atoms with Gasteiger partial charge >= 0.3 is 0 Å². The summed E-state index contributed by atoms with van der Waals surface area (Å²) >= 11 is 0. The molecule has 1 saturated carbocycles. The minimum atomic E-state index is 0.00810. The van der Waals surface area contributed by atoms with Crippen molar-refractivity contribution in [2.45, 2.75) is 44.9 Å². The number of ether oxygens (including phenoxy) is 1. The molecule has 2 nitrogen and oxygen atoms in total. The Bertz CT molecular complexity index is 113. The summed E-state index contributed by atoms with van der Waals surface area (Å²) in [6.07, 6.45) is 1.33. The molecule has 1 aliphatic rings. The first-order chi connectivity index (χ1) is 4.04. The van der Waals surface area contributed by atoms with Crippen molar-refractivity contribution in [3.63, 3.8) is 0 Å². The molecule has 0 spiro atoms. The van der Waals surface area contributed by atoms with Crippen LogP contribution < -0.4 is 5.73 Å². The van der Waals surface area contributed by atoms with Crippen molar-refractivity contribution in [2.75, 3.05) is 0 Å². The Kier molecular flexibility index (Phi) is 1.53. The molecule has 0 aromatic rings. The van der Waals surface area contributed by atoms with E-state index in [-0.39, 0.29) is 11.6 Å². The Morgan fingerprint density at radius 3 is 2.22 bits per heavy atom. The summed E-state index contributed by atoms with van der Waals surface area (Å²) in [5.74, 6) is 0. The van der Waals surface area contributed by atoms with Crippen LogP contribution in [0, 0.1) is 0 Å². The van der Waals surface area contributed by atoms with Gasteiger partial charge in [-0.05, 0) is 27.2 Å². The maximum atomic E-state index is 5.62. The predicted octanol–water partition coefficient (Wildman–Crippen LogP) is 0.901. The van der Waals surface area contributed by atoms with Gasteiger partial charge < -0.3 is 10.5 Å². The van der Waals surface area contributed by atoms with Gasteiger partial charge in [0, 0.05) is 6.04 Å². The lowest BCUT2D eigenvalue weighted by Gasteiger charge is -2.14. The highest BCUT2D eigenvalue weighted by Gasteiger charge is 2.49. The van der Waals surface area contributed by atoms with Crippen LogP contribution >= 0.6 is 0 Å². The smallest absolute Gasteiger partial charge is 0.0825 e. The zero-order valence-electron chi connectivity index (χ0n) is 6.35. The lowest BCUT2D eigenvalue weighted by atomic mass is 10.3. The van der Waals surface area contributed by atoms with E-state index in [1.165, 1.54) is 0 Å². The minimum absolute atomic E-state index is 0.00810. The van der Waals surface area contributed by atoms with Gasteiger partial charge in [0.15, 0.2) is 0 Å². The summed E-state index contributed by atoms with van der Waals surface area (Å²) in [6.45, 7) is 6.14. The van der Waals surface area contributed by atoms with E-state index in [0.717, 1.165) is 6.42 Å². The Morgan fingerprint density at radius 2 is 2.11 bits per heavy atom. The Morgan fingerprint density at radius 1 is 1.67 bits per heavy atom. The molecular formula is C7H15NO. The fourth-order valence-corrected chi connectivity index (χ4v) is 1.05. The van der Waals surface area contributed by atoms with Gasteiger partial charge in [0.05, 0.1) is 11.7 Å². The molecule has 1 rings (SSSR count). The predicted molar refractivity (Wildman–Crippen MR) is 37.2 cm³/mol. The molecule has 0 saturated heterocycles. The Balaban J connectivity index is 2.29. The number of rotatable bonds is 2. The standard InChI is InChI=1S/C7H15NO/c1-5(2)9-7(3)4-6(7)8/h5-6H,4,8H2,1-3H3/t6-,7+/m1/s1. The molecule has 1 aliphatic carbocycles. The van der Waals surface area contributed by atoms with Crippen molar-refractivity contribution in [1.82, 2.24) is 0 Å². The van der Waals surface area contributed by atoms with Crippen molar-refractivity contribution in [2.24, 2.45) is 5.73 Å². The van der Waals surface area contributed by atoms with Crippen LogP contribution in [0.25, 0.3) is 0 Å². The molecule has 2 N–H and O–H groups in total. The van der Waals surface area contributed by atoms with Gasteiger partial charge in [0.1, 0.15) is 0 Å². The van der Waals surface area contributed by atoms with Gasteiger partial charge in [0.2, 0.25) is 0 Å². The van der Waals surface area contributed by atoms with E-state index in [1.807, 2.05) is 13.8 Å². The zero-order valence-corrected chi connectivity index (χ0v) is 6.35. The van der Waals surface area contributed by atoms with Crippen LogP contribution in [0.3, 0.4) is 0 Å². The van der Waals surface area contributed by atoms with Gasteiger partial charge in [-0.2, -0.15) is 0 Å². The monoisotopic (exact) mass is 129 g/mol. The van der Waals surface area contributed by atoms with Crippen LogP contribution in [0.4, 0.5) is 0 Å². The maximum absolute atomic E-state index is 5.62. The first-order valence-corrected chi connectivity index (χ1v) is 3.48. The van der Waals surface area contributed by atoms with E-state index in [2.05, 4.69) is 6.92 Å². The van der Waals surface area contributed by atoms with Gasteiger partial charge in [-0.1, -0.05) is 0 Å². The first kappa shape index (κ1) is 7.03. The molecule has 2 heteroatoms. The summed E-state index contributed by atoms with van der Waals surface area (Å²) in [6, 6.07) is 0.278. The van der Waals surface area contributed by atoms with Gasteiger partial charge in [-0.25, -0.2) is 0 Å². The fraction of sp³-hybridized carbons (Fsp3) is 1.00. The number of hydrogen-bond acceptors (Lipinski definition) is 2. The van der Waals surface area contributed by atoms with Crippen LogP contribution in [0.2, 0.25) is 0 Å². The highest BCUT2D eigenvalue weighted by Crippen LogP contribution is 2.38. The topological polar surface area (TPSA) is 35.2 Å². The second kappa shape index (κ2) is 1.96. The third kappa shape index (κ3) is 1.43. The summed E-state index contributed by atoms with van der Waals surface area (Å²) in [5.41, 5.74) is 5.63. The summed E-state index contributed by atoms with van der Waals surface area (Å²) in [5, 5.41) is 0. The van der Waals surface area contributed by atoms with Crippen molar-refractivity contribution in [3.05, 3.63) is 0 Å². The summed E-state index contributed by atoms with van der Waals surface area (Å²) < 4.78 is 5.54. The van der Waals surface area contributed by atoms with Crippen molar-refractivity contribution in [3.8, 4) is 0 Å². The molecule has 1 fully saturated rings. The van der Waals surface area contributed by atoms with E-state index < -0.39 is 0 Å². The fourth-order valence-electron chi connectivity index (χ4n) is 1.05. The highest BCUT2D eigenvalue weighted by molar-refractivity contribution is 5.05. The van der Waals surface area contributed by atoms with Crippen molar-refractivity contribution in [1.29, 1.82) is 0 Å². The van der Waals surface area contributed by atoms with Gasteiger partial charge in [-0.3, -0.25) is 0 Å². The Hall–Kier alpha value is -0.0800. The minimum Gasteiger partial charge on any atom is -0.371 e. The van der Waals surface area contributed by atoms with E-state index >= 15 is 0 Å². The third-order valence-electron chi connectivity index (χ3n) is 1.75. The number of hydrogen-bond donors (Lipinski definition) is 1. The second-order valence-electron chi connectivity index (χ2n) is 3.29. The van der Waals surface area contributed by atoms with Crippen LogP contribution in [0.15, 0.2) is 0 Å². The molecule has 0 unspecified atom stereocenters. The van der Waals surface area contributed by atoms with E-state index in [1.54, 1.807) is 0 Å². The van der Waals surface area contributed by atoms with Crippen LogP contribution in [-0.4, -0.2) is 17.7 Å². The number of nitrogens with two attached hydrogens (primary N) is 1. The molecule has 2 atom stereocenters. The summed E-state index contributed by atoms with van der Waals surface area (Å²) in [4.78, 5) is 0. The van der Waals surface area contributed by atoms with Gasteiger partial charge in [-0.15, -0.1) is 0 Å². The van der Waals surface area contributed by atoms with E-state index in [4.69, 9.17) is 10.5 Å². The maximum Gasteiger partial charge on any atom is 0.0825 e. The first-order valence-electron chi connectivity index (χ1n) is 3.48. The van der Waals surface area contributed by atoms with E-state index in [9.17, 15) is 0 Å². The quantitative estimate of drug-likeness (QED) is 0.601. The zero-order chi connectivity index (χ0) is 7.07. The molecule has 54 valence electrons. The lowest BCUT2D eigenvalue weighted by Crippen LogP contribution is -2.23. The molecule has 0 aromatic carbocycles. The average Bonchev–Trinajstić information content (AvgIpc) is 2.10. The molecule has 0 bridgehead atoms. The normalized spacial score (nSPS) is 41.7. The average molecular weight is 129 g/mol. The SMILES string of the molecule is CC(C)O[C@@]1(C)C[C@H]1N. The molecular weight excluding hydrogens is 114 g/mol. The molecule has 9 heavy (non-hydrogen) atoms. The largest absolute Gasteiger partial charge is 0.371 e. The van der Waals surface area contributed by atoms with E-state index in [0.29, 0.717) is 6.10 Å². The second-order valence-corrected chi connectivity index (χ2v) is 3.29. The molecule has 0 amide bonds. The van der Waals surface area contributed by atoms with Crippen LogP contribution in [0.1, 0.15) is 27.2 Å². The molecule has 0 heterocycles. The Labute approximate surface area is 56.4 Å². The van der Waals surface area contributed by atoms with Crippen LogP contribution in [0.5, 0.6) is 0 Å². The lowest BCUT2D eigenvalue weighted by molar-refractivity contribution is -0.00271. The van der Waals surface area contributed by atoms with Gasteiger partial charge in [0.25, 0.3) is 0 Å². The summed E-state index contributed by atoms with van der Waals surface area (Å²) in [7, 11) is 0. The third-order valence-corrected chi connectivity index (χ3v) is 1.75. The van der Waals surface area contributed by atoms with Crippen LogP contribution in [-0.2, 0) is 4.74 Å². The molecule has 0 radical (unpaired) electrons. The van der Waals surface area contributed by atoms with Crippen molar-refractivity contribution >= 4 is 0 Å².